The number of aryl methyl sites for hydroxylation is 2. The summed E-state index contributed by atoms with van der Waals surface area (Å²) in [7, 11) is 0. The van der Waals surface area contributed by atoms with Gasteiger partial charge in [0.2, 0.25) is 0 Å². The van der Waals surface area contributed by atoms with Gasteiger partial charge in [-0.15, -0.1) is 16.4 Å². The van der Waals surface area contributed by atoms with E-state index >= 15 is 0 Å². The number of carbonyl (C=O) groups is 1. The summed E-state index contributed by atoms with van der Waals surface area (Å²) in [4.78, 5) is 13.9. The lowest BCUT2D eigenvalue weighted by molar-refractivity contribution is -0.137. The number of hydrogen-bond acceptors (Lipinski definition) is 5. The second-order valence-electron chi connectivity index (χ2n) is 8.62. The zero-order valence-corrected chi connectivity index (χ0v) is 20.8. The highest BCUT2D eigenvalue weighted by atomic mass is 32.1. The van der Waals surface area contributed by atoms with Crippen LogP contribution in [0.3, 0.4) is 0 Å². The molecule has 0 unspecified atom stereocenters. The van der Waals surface area contributed by atoms with Crippen LogP contribution >= 0.6 is 11.3 Å². The van der Waals surface area contributed by atoms with Crippen molar-refractivity contribution in [3.63, 3.8) is 0 Å². The number of nitrogens with two attached hydrogens (primary N) is 1. The normalized spacial score (nSPS) is 11.4. The molecule has 3 N–H and O–H groups in total. The van der Waals surface area contributed by atoms with Crippen molar-refractivity contribution in [3.8, 4) is 21.7 Å². The minimum atomic E-state index is -4.35. The van der Waals surface area contributed by atoms with Crippen LogP contribution in [-0.4, -0.2) is 20.9 Å². The molecule has 6 nitrogen and oxygen atoms in total. The van der Waals surface area contributed by atoms with Crippen LogP contribution < -0.4 is 11.1 Å². The highest BCUT2D eigenvalue weighted by Crippen LogP contribution is 2.31. The van der Waals surface area contributed by atoms with Gasteiger partial charge in [0.1, 0.15) is 5.69 Å². The van der Waals surface area contributed by atoms with Gasteiger partial charge in [0.25, 0.3) is 5.91 Å². The highest BCUT2D eigenvalue weighted by molar-refractivity contribution is 7.13. The number of anilines is 2. The van der Waals surface area contributed by atoms with Gasteiger partial charge in [-0.25, -0.2) is 0 Å². The van der Waals surface area contributed by atoms with E-state index < -0.39 is 11.7 Å². The summed E-state index contributed by atoms with van der Waals surface area (Å²) in [5, 5.41) is 13.2. The lowest BCUT2D eigenvalue weighted by Crippen LogP contribution is -2.13. The van der Waals surface area contributed by atoms with Gasteiger partial charge in [0.15, 0.2) is 0 Å². The largest absolute Gasteiger partial charge is 0.416 e. The van der Waals surface area contributed by atoms with Gasteiger partial charge in [-0.05, 0) is 65.4 Å². The number of hydrogen-bond donors (Lipinski definition) is 2. The standard InChI is InChI=1S/C28H22F3N5OS/c29-28(30,31)22-10-3-18(4-11-22)13-14-36-17-25(34-35-36)19-5-7-20(8-6-19)27(37)33-24-16-21(9-12-23(24)32)26-2-1-15-38-26/h1-12,15-17H,13-14,32H2,(H,33,37). The highest BCUT2D eigenvalue weighted by Gasteiger charge is 2.29. The molecule has 1 amide bonds. The van der Waals surface area contributed by atoms with Crippen LogP contribution in [0.25, 0.3) is 21.7 Å². The zero-order valence-electron chi connectivity index (χ0n) is 19.9. The van der Waals surface area contributed by atoms with E-state index in [1.165, 1.54) is 12.1 Å². The number of nitrogens with one attached hydrogen (secondary N) is 1. The number of thiophene rings is 1. The SMILES string of the molecule is Nc1ccc(-c2cccs2)cc1NC(=O)c1ccc(-c2cn(CCc3ccc(C(F)(F)F)cc3)nn2)cc1. The summed E-state index contributed by atoms with van der Waals surface area (Å²) < 4.78 is 39.8. The fourth-order valence-electron chi connectivity index (χ4n) is 3.89. The number of carbonyl (C=O) groups excluding carboxylic acids is 1. The summed E-state index contributed by atoms with van der Waals surface area (Å²) >= 11 is 1.61. The number of nitrogens with zero attached hydrogens (tertiary/aromatic N) is 3. The number of amides is 1. The van der Waals surface area contributed by atoms with Gasteiger partial charge < -0.3 is 11.1 Å². The molecule has 0 aliphatic rings. The molecule has 38 heavy (non-hydrogen) atoms. The fourth-order valence-corrected chi connectivity index (χ4v) is 4.62. The molecule has 5 aromatic rings. The van der Waals surface area contributed by atoms with Crippen molar-refractivity contribution in [2.45, 2.75) is 19.1 Å². The second kappa shape index (κ2) is 10.5. The molecule has 0 atom stereocenters. The van der Waals surface area contributed by atoms with Crippen LogP contribution in [-0.2, 0) is 19.1 Å². The maximum atomic E-state index is 12.9. The summed E-state index contributed by atoms with van der Waals surface area (Å²) in [6, 6.07) is 21.6. The topological polar surface area (TPSA) is 85.8 Å². The molecular weight excluding hydrogens is 511 g/mol. The molecule has 0 saturated heterocycles. The number of nitrogen functional groups attached to an aromatic ring is 1. The molecule has 0 fully saturated rings. The van der Waals surface area contributed by atoms with Crippen molar-refractivity contribution < 1.29 is 18.0 Å². The molecule has 0 aliphatic carbocycles. The van der Waals surface area contributed by atoms with Crippen molar-refractivity contribution in [3.05, 3.63) is 107 Å². The molecule has 5 rings (SSSR count). The van der Waals surface area contributed by atoms with E-state index in [-0.39, 0.29) is 5.91 Å². The van der Waals surface area contributed by atoms with Gasteiger partial charge in [0.05, 0.1) is 23.1 Å². The van der Waals surface area contributed by atoms with Crippen LogP contribution in [0.1, 0.15) is 21.5 Å². The van der Waals surface area contributed by atoms with Crippen molar-refractivity contribution in [1.82, 2.24) is 15.0 Å². The number of aromatic nitrogens is 3. The van der Waals surface area contributed by atoms with Crippen LogP contribution in [0.15, 0.2) is 90.4 Å². The van der Waals surface area contributed by atoms with Crippen molar-refractivity contribution in [1.29, 1.82) is 0 Å². The van der Waals surface area contributed by atoms with Crippen LogP contribution in [0.2, 0.25) is 0 Å². The Kier molecular flexibility index (Phi) is 6.97. The quantitative estimate of drug-likeness (QED) is 0.226. The molecule has 0 radical (unpaired) electrons. The van der Waals surface area contributed by atoms with Gasteiger partial charge >= 0.3 is 6.18 Å². The fraction of sp³-hybridized carbons (Fsp3) is 0.107. The van der Waals surface area contributed by atoms with Crippen molar-refractivity contribution in [2.75, 3.05) is 11.1 Å². The third-order valence-corrected chi connectivity index (χ3v) is 6.92. The summed E-state index contributed by atoms with van der Waals surface area (Å²) in [5.41, 5.74) is 10.0. The summed E-state index contributed by atoms with van der Waals surface area (Å²) in [5.74, 6) is -0.285. The Hall–Kier alpha value is -4.44. The smallest absolute Gasteiger partial charge is 0.397 e. The molecule has 0 spiro atoms. The molecule has 0 saturated carbocycles. The maximum Gasteiger partial charge on any atom is 0.416 e. The minimum Gasteiger partial charge on any atom is -0.397 e. The second-order valence-corrected chi connectivity index (χ2v) is 9.57. The number of alkyl halides is 3. The molecule has 0 aliphatic heterocycles. The Morgan fingerprint density at radius 3 is 2.39 bits per heavy atom. The molecule has 2 aromatic heterocycles. The summed E-state index contributed by atoms with van der Waals surface area (Å²) in [6.07, 6.45) is -2.08. The molecule has 3 aromatic carbocycles. The average Bonchev–Trinajstić information content (AvgIpc) is 3.61. The molecule has 192 valence electrons. The first-order valence-electron chi connectivity index (χ1n) is 11.7. The maximum absolute atomic E-state index is 12.9. The van der Waals surface area contributed by atoms with Crippen LogP contribution in [0, 0.1) is 0 Å². The number of benzene rings is 3. The first kappa shape index (κ1) is 25.2. The Labute approximate surface area is 220 Å². The van der Waals surface area contributed by atoms with Gasteiger partial charge in [0, 0.05) is 22.5 Å². The van der Waals surface area contributed by atoms with E-state index in [9.17, 15) is 18.0 Å². The third-order valence-electron chi connectivity index (χ3n) is 6.00. The van der Waals surface area contributed by atoms with Crippen molar-refractivity contribution >= 4 is 28.6 Å². The molecular formula is C28H22F3N5OS. The van der Waals surface area contributed by atoms with E-state index in [1.807, 2.05) is 29.6 Å². The van der Waals surface area contributed by atoms with Crippen molar-refractivity contribution in [2.24, 2.45) is 0 Å². The molecule has 2 heterocycles. The van der Waals surface area contributed by atoms with Gasteiger partial charge in [-0.2, -0.15) is 13.2 Å². The lowest BCUT2D eigenvalue weighted by Gasteiger charge is -2.10. The van der Waals surface area contributed by atoms with Gasteiger partial charge in [-0.3, -0.25) is 9.48 Å². The number of rotatable bonds is 7. The van der Waals surface area contributed by atoms with Crippen LogP contribution in [0.4, 0.5) is 24.5 Å². The minimum absolute atomic E-state index is 0.285. The van der Waals surface area contributed by atoms with E-state index in [1.54, 1.807) is 52.5 Å². The first-order chi connectivity index (χ1) is 18.3. The predicted octanol–water partition coefficient (Wildman–Crippen LogP) is 6.77. The number of halogens is 3. The van der Waals surface area contributed by atoms with E-state index in [0.717, 1.165) is 33.7 Å². The Morgan fingerprint density at radius 2 is 1.71 bits per heavy atom. The zero-order chi connectivity index (χ0) is 26.7. The van der Waals surface area contributed by atoms with E-state index in [0.29, 0.717) is 35.6 Å². The Balaban J connectivity index is 1.21. The van der Waals surface area contributed by atoms with E-state index in [4.69, 9.17) is 5.73 Å². The predicted molar refractivity (Wildman–Crippen MR) is 143 cm³/mol. The monoisotopic (exact) mass is 533 g/mol. The summed E-state index contributed by atoms with van der Waals surface area (Å²) in [6.45, 7) is 0.463. The Bertz CT molecular complexity index is 1540. The Morgan fingerprint density at radius 1 is 0.974 bits per heavy atom. The van der Waals surface area contributed by atoms with Crippen LogP contribution in [0.5, 0.6) is 0 Å². The first-order valence-corrected chi connectivity index (χ1v) is 12.6. The third kappa shape index (κ3) is 5.76. The lowest BCUT2D eigenvalue weighted by atomic mass is 10.1. The molecule has 10 heteroatoms. The van der Waals surface area contributed by atoms with Gasteiger partial charge in [-0.1, -0.05) is 41.6 Å². The average molecular weight is 534 g/mol. The molecule has 0 bridgehead atoms. The van der Waals surface area contributed by atoms with E-state index in [2.05, 4.69) is 15.6 Å².